The third kappa shape index (κ3) is 6.74. The zero-order valence-corrected chi connectivity index (χ0v) is 16.5. The number of nitrogens with zero attached hydrogens (tertiary/aromatic N) is 1. The normalized spacial score (nSPS) is 15.2. The molecule has 0 saturated carbocycles. The largest absolute Gasteiger partial charge is 0.496 e. The standard InChI is InChI=1S/C15H25N3O3S.2ClH/c1-13-12-14(4-5-15(13)21-2)22(19,20)17-6-3-9-18-10-7-16-8-11-18;;/h4-5,12,16-17H,3,6-11H2,1-2H3;2*1H. The first-order valence-corrected chi connectivity index (χ1v) is 9.08. The molecule has 0 aromatic heterocycles. The third-order valence-corrected chi connectivity index (χ3v) is 5.29. The van der Waals surface area contributed by atoms with Gasteiger partial charge < -0.3 is 15.0 Å². The molecule has 2 rings (SSSR count). The highest BCUT2D eigenvalue weighted by molar-refractivity contribution is 7.89. The molecule has 0 unspecified atom stereocenters. The lowest BCUT2D eigenvalue weighted by Gasteiger charge is -2.27. The molecule has 1 aliphatic rings. The van der Waals surface area contributed by atoms with Crippen molar-refractivity contribution in [1.29, 1.82) is 0 Å². The average molecular weight is 400 g/mol. The topological polar surface area (TPSA) is 70.7 Å². The summed E-state index contributed by atoms with van der Waals surface area (Å²) in [7, 11) is -1.87. The van der Waals surface area contributed by atoms with Crippen LogP contribution in [0.25, 0.3) is 0 Å². The summed E-state index contributed by atoms with van der Waals surface area (Å²) in [6.07, 6.45) is 0.814. The summed E-state index contributed by atoms with van der Waals surface area (Å²) in [6, 6.07) is 4.90. The first-order chi connectivity index (χ1) is 10.5. The molecule has 1 aliphatic heterocycles. The van der Waals surface area contributed by atoms with E-state index in [9.17, 15) is 8.42 Å². The number of hydrogen-bond acceptors (Lipinski definition) is 5. The van der Waals surface area contributed by atoms with E-state index in [0.29, 0.717) is 12.3 Å². The van der Waals surface area contributed by atoms with Gasteiger partial charge in [0.05, 0.1) is 12.0 Å². The summed E-state index contributed by atoms with van der Waals surface area (Å²) < 4.78 is 32.3. The minimum atomic E-state index is -3.45. The molecule has 0 spiro atoms. The lowest BCUT2D eigenvalue weighted by atomic mass is 10.2. The summed E-state index contributed by atoms with van der Waals surface area (Å²) in [5, 5.41) is 3.30. The van der Waals surface area contributed by atoms with Gasteiger partial charge in [0, 0.05) is 32.7 Å². The molecule has 1 aromatic rings. The number of methoxy groups -OCH3 is 1. The van der Waals surface area contributed by atoms with Gasteiger partial charge in [-0.3, -0.25) is 0 Å². The summed E-state index contributed by atoms with van der Waals surface area (Å²) in [5.74, 6) is 0.692. The van der Waals surface area contributed by atoms with Gasteiger partial charge in [0.25, 0.3) is 0 Å². The minimum absolute atomic E-state index is 0. The Labute approximate surface area is 157 Å². The predicted molar refractivity (Wildman–Crippen MR) is 101 cm³/mol. The van der Waals surface area contributed by atoms with Crippen LogP contribution in [0.5, 0.6) is 5.75 Å². The smallest absolute Gasteiger partial charge is 0.240 e. The first-order valence-electron chi connectivity index (χ1n) is 7.60. The summed E-state index contributed by atoms with van der Waals surface area (Å²) in [5.41, 5.74) is 0.811. The Balaban J connectivity index is 0.00000264. The molecule has 140 valence electrons. The van der Waals surface area contributed by atoms with Crippen molar-refractivity contribution in [3.8, 4) is 5.75 Å². The summed E-state index contributed by atoms with van der Waals surface area (Å²) >= 11 is 0. The number of sulfonamides is 1. The predicted octanol–water partition coefficient (Wildman–Crippen LogP) is 1.42. The molecule has 0 radical (unpaired) electrons. The second kappa shape index (κ2) is 11.1. The molecule has 1 aromatic carbocycles. The van der Waals surface area contributed by atoms with Gasteiger partial charge in [0.1, 0.15) is 5.75 Å². The van der Waals surface area contributed by atoms with Crippen LogP contribution in [0.2, 0.25) is 0 Å². The number of halogens is 2. The number of rotatable bonds is 7. The van der Waals surface area contributed by atoms with Crippen molar-refractivity contribution >= 4 is 34.8 Å². The highest BCUT2D eigenvalue weighted by Gasteiger charge is 2.15. The maximum atomic E-state index is 12.3. The van der Waals surface area contributed by atoms with Crippen LogP contribution in [-0.4, -0.2) is 59.7 Å². The molecule has 1 fully saturated rings. The lowest BCUT2D eigenvalue weighted by Crippen LogP contribution is -2.44. The van der Waals surface area contributed by atoms with E-state index in [-0.39, 0.29) is 29.7 Å². The zero-order valence-electron chi connectivity index (χ0n) is 14.1. The van der Waals surface area contributed by atoms with Crippen molar-refractivity contribution in [2.45, 2.75) is 18.2 Å². The Morgan fingerprint density at radius 3 is 2.50 bits per heavy atom. The van der Waals surface area contributed by atoms with E-state index in [0.717, 1.165) is 44.7 Å². The van der Waals surface area contributed by atoms with Crippen molar-refractivity contribution in [1.82, 2.24) is 14.9 Å². The van der Waals surface area contributed by atoms with Crippen LogP contribution < -0.4 is 14.8 Å². The summed E-state index contributed by atoms with van der Waals surface area (Å²) in [6.45, 7) is 7.30. The van der Waals surface area contributed by atoms with Gasteiger partial charge in [-0.05, 0) is 43.7 Å². The number of ether oxygens (including phenoxy) is 1. The Morgan fingerprint density at radius 2 is 1.92 bits per heavy atom. The fraction of sp³-hybridized carbons (Fsp3) is 0.600. The van der Waals surface area contributed by atoms with Crippen LogP contribution in [0.15, 0.2) is 23.1 Å². The zero-order chi connectivity index (χ0) is 16.0. The molecule has 2 N–H and O–H groups in total. The Morgan fingerprint density at radius 1 is 1.25 bits per heavy atom. The third-order valence-electron chi connectivity index (χ3n) is 3.83. The fourth-order valence-corrected chi connectivity index (χ4v) is 3.70. The SMILES string of the molecule is COc1ccc(S(=O)(=O)NCCCN2CCNCC2)cc1C.Cl.Cl. The van der Waals surface area contributed by atoms with Gasteiger partial charge in [-0.1, -0.05) is 0 Å². The second-order valence-corrected chi connectivity index (χ2v) is 7.24. The summed E-state index contributed by atoms with van der Waals surface area (Å²) in [4.78, 5) is 2.63. The molecule has 1 heterocycles. The van der Waals surface area contributed by atoms with Crippen LogP contribution in [-0.2, 0) is 10.0 Å². The van der Waals surface area contributed by atoms with Crippen molar-refractivity contribution in [3.63, 3.8) is 0 Å². The average Bonchev–Trinajstić information content (AvgIpc) is 2.52. The number of benzene rings is 1. The van der Waals surface area contributed by atoms with Crippen LogP contribution in [0, 0.1) is 6.92 Å². The van der Waals surface area contributed by atoms with E-state index in [1.165, 1.54) is 0 Å². The molecule has 9 heteroatoms. The molecule has 24 heavy (non-hydrogen) atoms. The maximum Gasteiger partial charge on any atom is 0.240 e. The van der Waals surface area contributed by atoms with Crippen LogP contribution >= 0.6 is 24.8 Å². The highest BCUT2D eigenvalue weighted by Crippen LogP contribution is 2.21. The number of hydrogen-bond donors (Lipinski definition) is 2. The van der Waals surface area contributed by atoms with Crippen molar-refractivity contribution < 1.29 is 13.2 Å². The molecule has 0 amide bonds. The van der Waals surface area contributed by atoms with Crippen LogP contribution in [0.4, 0.5) is 0 Å². The van der Waals surface area contributed by atoms with Crippen LogP contribution in [0.3, 0.4) is 0 Å². The monoisotopic (exact) mass is 399 g/mol. The molecule has 0 aliphatic carbocycles. The van der Waals surface area contributed by atoms with Gasteiger partial charge in [-0.2, -0.15) is 0 Å². The van der Waals surface area contributed by atoms with Crippen molar-refractivity contribution in [2.75, 3.05) is 46.4 Å². The van der Waals surface area contributed by atoms with Crippen molar-refractivity contribution in [2.24, 2.45) is 0 Å². The van der Waals surface area contributed by atoms with Gasteiger partial charge >= 0.3 is 0 Å². The van der Waals surface area contributed by atoms with Gasteiger partial charge in [-0.15, -0.1) is 24.8 Å². The molecule has 0 atom stereocenters. The number of aryl methyl sites for hydroxylation is 1. The maximum absolute atomic E-state index is 12.3. The molecule has 6 nitrogen and oxygen atoms in total. The Kier molecular flexibility index (Phi) is 10.9. The van der Waals surface area contributed by atoms with Gasteiger partial charge in [0.2, 0.25) is 10.0 Å². The van der Waals surface area contributed by atoms with E-state index in [2.05, 4.69) is 14.9 Å². The van der Waals surface area contributed by atoms with E-state index >= 15 is 0 Å². The lowest BCUT2D eigenvalue weighted by molar-refractivity contribution is 0.239. The number of piperazine rings is 1. The molecule has 0 bridgehead atoms. The Hall–Kier alpha value is -0.570. The molecule has 1 saturated heterocycles. The Bertz CT molecular complexity index is 594. The van der Waals surface area contributed by atoms with Gasteiger partial charge in [-0.25, -0.2) is 13.1 Å². The van der Waals surface area contributed by atoms with Crippen LogP contribution in [0.1, 0.15) is 12.0 Å². The minimum Gasteiger partial charge on any atom is -0.496 e. The molecular formula is C15H27Cl2N3O3S. The van der Waals surface area contributed by atoms with Crippen molar-refractivity contribution in [3.05, 3.63) is 23.8 Å². The number of nitrogens with one attached hydrogen (secondary N) is 2. The van der Waals surface area contributed by atoms with Gasteiger partial charge in [0.15, 0.2) is 0 Å². The quantitative estimate of drug-likeness (QED) is 0.678. The molecular weight excluding hydrogens is 373 g/mol. The highest BCUT2D eigenvalue weighted by atomic mass is 35.5. The first kappa shape index (κ1) is 23.4. The van der Waals surface area contributed by atoms with E-state index in [4.69, 9.17) is 4.74 Å². The fourth-order valence-electron chi connectivity index (χ4n) is 2.55. The van der Waals surface area contributed by atoms with E-state index in [1.54, 1.807) is 25.3 Å². The van der Waals surface area contributed by atoms with E-state index in [1.807, 2.05) is 6.92 Å². The second-order valence-electron chi connectivity index (χ2n) is 5.47. The van der Waals surface area contributed by atoms with E-state index < -0.39 is 10.0 Å².